The fourth-order valence-corrected chi connectivity index (χ4v) is 3.00. The smallest absolute Gasteiger partial charge is 0.321 e. The van der Waals surface area contributed by atoms with Gasteiger partial charge >= 0.3 is 12.0 Å². The van der Waals surface area contributed by atoms with Crippen LogP contribution in [0.15, 0.2) is 0 Å². The minimum Gasteiger partial charge on any atom is -0.481 e. The second-order valence-corrected chi connectivity index (χ2v) is 5.85. The van der Waals surface area contributed by atoms with Crippen LogP contribution in [0.2, 0.25) is 0 Å². The summed E-state index contributed by atoms with van der Waals surface area (Å²) in [5.41, 5.74) is -0.827. The SMILES string of the molecule is Cc1nsc(NC(=O)NCC2(C(=O)O)CCCCC2)n1. The zero-order valence-corrected chi connectivity index (χ0v) is 12.1. The highest BCUT2D eigenvalue weighted by molar-refractivity contribution is 7.09. The van der Waals surface area contributed by atoms with Gasteiger partial charge in [0.15, 0.2) is 0 Å². The van der Waals surface area contributed by atoms with Crippen molar-refractivity contribution in [3.63, 3.8) is 0 Å². The van der Waals surface area contributed by atoms with Crippen molar-refractivity contribution >= 4 is 28.7 Å². The van der Waals surface area contributed by atoms with Gasteiger partial charge < -0.3 is 10.4 Å². The third-order valence-electron chi connectivity index (χ3n) is 3.60. The van der Waals surface area contributed by atoms with Gasteiger partial charge in [0.2, 0.25) is 5.13 Å². The van der Waals surface area contributed by atoms with E-state index in [2.05, 4.69) is 20.0 Å². The molecule has 2 rings (SSSR count). The van der Waals surface area contributed by atoms with E-state index in [0.29, 0.717) is 23.8 Å². The van der Waals surface area contributed by atoms with E-state index in [0.717, 1.165) is 30.8 Å². The van der Waals surface area contributed by atoms with Gasteiger partial charge in [-0.25, -0.2) is 9.78 Å². The van der Waals surface area contributed by atoms with E-state index in [4.69, 9.17) is 0 Å². The van der Waals surface area contributed by atoms with E-state index in [-0.39, 0.29) is 6.54 Å². The number of carboxylic acids is 1. The van der Waals surface area contributed by atoms with Gasteiger partial charge in [0, 0.05) is 18.1 Å². The molecule has 1 aromatic rings. The number of hydrogen-bond donors (Lipinski definition) is 3. The highest BCUT2D eigenvalue weighted by Gasteiger charge is 2.39. The van der Waals surface area contributed by atoms with Crippen molar-refractivity contribution in [3.05, 3.63) is 5.82 Å². The molecule has 0 aliphatic heterocycles. The van der Waals surface area contributed by atoms with Crippen molar-refractivity contribution in [2.75, 3.05) is 11.9 Å². The summed E-state index contributed by atoms with van der Waals surface area (Å²) < 4.78 is 3.96. The number of aryl methyl sites for hydroxylation is 1. The highest BCUT2D eigenvalue weighted by atomic mass is 32.1. The molecule has 2 amide bonds. The molecular weight excluding hydrogens is 280 g/mol. The standard InChI is InChI=1S/C12H18N4O3S/c1-8-14-11(20-16-8)15-10(19)13-7-12(9(17)18)5-3-2-4-6-12/h2-7H2,1H3,(H,17,18)(H2,13,14,15,16,19). The number of aliphatic carboxylic acids is 1. The Labute approximate surface area is 121 Å². The Bertz CT molecular complexity index is 497. The highest BCUT2D eigenvalue weighted by Crippen LogP contribution is 2.36. The van der Waals surface area contributed by atoms with Crippen LogP contribution >= 0.6 is 11.5 Å². The van der Waals surface area contributed by atoms with Crippen LogP contribution in [-0.2, 0) is 4.79 Å². The third-order valence-corrected chi connectivity index (χ3v) is 4.32. The van der Waals surface area contributed by atoms with E-state index < -0.39 is 17.4 Å². The molecule has 110 valence electrons. The molecule has 8 heteroatoms. The minimum absolute atomic E-state index is 0.145. The van der Waals surface area contributed by atoms with E-state index in [1.165, 1.54) is 0 Å². The van der Waals surface area contributed by atoms with Crippen LogP contribution in [0, 0.1) is 12.3 Å². The van der Waals surface area contributed by atoms with E-state index in [9.17, 15) is 14.7 Å². The molecule has 0 unspecified atom stereocenters. The number of amides is 2. The number of aromatic nitrogens is 2. The van der Waals surface area contributed by atoms with Crippen LogP contribution in [0.1, 0.15) is 37.9 Å². The lowest BCUT2D eigenvalue weighted by atomic mass is 9.74. The van der Waals surface area contributed by atoms with Gasteiger partial charge in [-0.3, -0.25) is 10.1 Å². The number of urea groups is 1. The summed E-state index contributed by atoms with van der Waals surface area (Å²) in [7, 11) is 0. The van der Waals surface area contributed by atoms with Crippen molar-refractivity contribution < 1.29 is 14.7 Å². The van der Waals surface area contributed by atoms with Gasteiger partial charge in [0.05, 0.1) is 5.41 Å². The summed E-state index contributed by atoms with van der Waals surface area (Å²) in [6, 6.07) is -0.438. The van der Waals surface area contributed by atoms with Gasteiger partial charge in [-0.05, 0) is 19.8 Å². The second-order valence-electron chi connectivity index (χ2n) is 5.10. The summed E-state index contributed by atoms with van der Waals surface area (Å²) in [6.07, 6.45) is 4.07. The molecule has 0 spiro atoms. The number of carbonyl (C=O) groups excluding carboxylic acids is 1. The van der Waals surface area contributed by atoms with Crippen molar-refractivity contribution in [1.29, 1.82) is 0 Å². The number of hydrogen-bond acceptors (Lipinski definition) is 5. The molecule has 20 heavy (non-hydrogen) atoms. The Morgan fingerprint density at radius 3 is 2.60 bits per heavy atom. The molecule has 0 bridgehead atoms. The molecule has 0 aromatic carbocycles. The third kappa shape index (κ3) is 3.44. The van der Waals surface area contributed by atoms with Gasteiger partial charge in [0.1, 0.15) is 5.82 Å². The lowest BCUT2D eigenvalue weighted by Crippen LogP contribution is -2.45. The maximum Gasteiger partial charge on any atom is 0.321 e. The number of anilines is 1. The fraction of sp³-hybridized carbons (Fsp3) is 0.667. The zero-order valence-electron chi connectivity index (χ0n) is 11.3. The van der Waals surface area contributed by atoms with Gasteiger partial charge in [-0.1, -0.05) is 19.3 Å². The van der Waals surface area contributed by atoms with Crippen LogP contribution < -0.4 is 10.6 Å². The summed E-state index contributed by atoms with van der Waals surface area (Å²) in [6.45, 7) is 1.88. The lowest BCUT2D eigenvalue weighted by molar-refractivity contribution is -0.150. The van der Waals surface area contributed by atoms with E-state index in [1.807, 2.05) is 0 Å². The topological polar surface area (TPSA) is 104 Å². The predicted octanol–water partition coefficient (Wildman–Crippen LogP) is 2.00. The quantitative estimate of drug-likeness (QED) is 0.788. The van der Waals surface area contributed by atoms with Gasteiger partial charge in [0.25, 0.3) is 0 Å². The van der Waals surface area contributed by atoms with Crippen molar-refractivity contribution in [1.82, 2.24) is 14.7 Å². The molecule has 1 aliphatic carbocycles. The molecule has 0 saturated heterocycles. The zero-order chi connectivity index (χ0) is 14.6. The molecular formula is C12H18N4O3S. The molecule has 0 atom stereocenters. The molecule has 1 heterocycles. The van der Waals surface area contributed by atoms with Crippen molar-refractivity contribution in [2.45, 2.75) is 39.0 Å². The lowest BCUT2D eigenvalue weighted by Gasteiger charge is -2.33. The molecule has 7 nitrogen and oxygen atoms in total. The average Bonchev–Trinajstić information content (AvgIpc) is 2.83. The Hall–Kier alpha value is -1.70. The monoisotopic (exact) mass is 298 g/mol. The van der Waals surface area contributed by atoms with E-state index >= 15 is 0 Å². The normalized spacial score (nSPS) is 17.4. The summed E-state index contributed by atoms with van der Waals surface area (Å²) >= 11 is 1.10. The number of carboxylic acid groups (broad SMARTS) is 1. The molecule has 1 saturated carbocycles. The van der Waals surface area contributed by atoms with Crippen LogP contribution in [0.3, 0.4) is 0 Å². The molecule has 1 aromatic heterocycles. The van der Waals surface area contributed by atoms with Gasteiger partial charge in [-0.15, -0.1) is 0 Å². The first kappa shape index (κ1) is 14.7. The average molecular weight is 298 g/mol. The number of carbonyl (C=O) groups is 2. The predicted molar refractivity (Wildman–Crippen MR) is 74.8 cm³/mol. The number of rotatable bonds is 4. The van der Waals surface area contributed by atoms with Crippen molar-refractivity contribution in [2.24, 2.45) is 5.41 Å². The first-order valence-electron chi connectivity index (χ1n) is 6.60. The summed E-state index contributed by atoms with van der Waals surface area (Å²) in [5.74, 6) is -0.233. The fourth-order valence-electron chi connectivity index (χ4n) is 2.43. The van der Waals surface area contributed by atoms with Crippen LogP contribution in [0.25, 0.3) is 0 Å². The maximum absolute atomic E-state index is 11.8. The Kier molecular flexibility index (Phi) is 4.53. The van der Waals surface area contributed by atoms with Crippen LogP contribution in [0.4, 0.5) is 9.93 Å². The number of nitrogens with zero attached hydrogens (tertiary/aromatic N) is 2. The minimum atomic E-state index is -0.829. The molecule has 1 fully saturated rings. The van der Waals surface area contributed by atoms with Crippen LogP contribution in [-0.4, -0.2) is 33.0 Å². The maximum atomic E-state index is 11.8. The Morgan fingerprint density at radius 1 is 1.35 bits per heavy atom. The van der Waals surface area contributed by atoms with Gasteiger partial charge in [-0.2, -0.15) is 4.37 Å². The summed E-state index contributed by atoms with van der Waals surface area (Å²) in [5, 5.41) is 15.0. The number of nitrogens with one attached hydrogen (secondary N) is 2. The Balaban J connectivity index is 1.89. The Morgan fingerprint density at radius 2 is 2.05 bits per heavy atom. The van der Waals surface area contributed by atoms with E-state index in [1.54, 1.807) is 6.92 Å². The largest absolute Gasteiger partial charge is 0.481 e. The van der Waals surface area contributed by atoms with Crippen molar-refractivity contribution in [3.8, 4) is 0 Å². The van der Waals surface area contributed by atoms with Crippen LogP contribution in [0.5, 0.6) is 0 Å². The first-order valence-corrected chi connectivity index (χ1v) is 7.38. The molecule has 3 N–H and O–H groups in total. The first-order chi connectivity index (χ1) is 9.52. The second kappa shape index (κ2) is 6.17. The summed E-state index contributed by atoms with van der Waals surface area (Å²) in [4.78, 5) is 27.2. The molecule has 0 radical (unpaired) electrons. The molecule has 1 aliphatic rings.